The molecule has 1 unspecified atom stereocenters. The van der Waals surface area contributed by atoms with E-state index in [4.69, 9.17) is 0 Å². The van der Waals surface area contributed by atoms with Gasteiger partial charge in [-0.1, -0.05) is 108 Å². The summed E-state index contributed by atoms with van der Waals surface area (Å²) in [6, 6.07) is 11.1. The monoisotopic (exact) mass is 370 g/mol. The number of hydrogen-bond acceptors (Lipinski definition) is 2. The third-order valence-electron chi connectivity index (χ3n) is 5.72. The second-order valence-electron chi connectivity index (χ2n) is 8.09. The molecule has 27 heavy (non-hydrogen) atoms. The van der Waals surface area contributed by atoms with Crippen molar-refractivity contribution in [3.05, 3.63) is 48.3 Å². The minimum absolute atomic E-state index is 0.400. The van der Waals surface area contributed by atoms with Crippen molar-refractivity contribution in [3.8, 4) is 0 Å². The molecule has 0 aliphatic carbocycles. The number of hydrogen-bond donors (Lipinski definition) is 0. The summed E-state index contributed by atoms with van der Waals surface area (Å²) in [5.41, 5.74) is 1.43. The summed E-state index contributed by atoms with van der Waals surface area (Å²) in [7, 11) is 0. The summed E-state index contributed by atoms with van der Waals surface area (Å²) < 4.78 is 0. The fourth-order valence-corrected chi connectivity index (χ4v) is 4.08. The molecule has 0 amide bonds. The van der Waals surface area contributed by atoms with Gasteiger partial charge in [-0.15, -0.1) is 0 Å². The molecule has 0 radical (unpaired) electrons. The Morgan fingerprint density at radius 3 is 1.52 bits per heavy atom. The van der Waals surface area contributed by atoms with Crippen molar-refractivity contribution in [1.29, 1.82) is 0 Å². The lowest BCUT2D eigenvalue weighted by Gasteiger charge is -2.33. The summed E-state index contributed by atoms with van der Waals surface area (Å²) >= 11 is 0. The predicted octanol–water partition coefficient (Wildman–Crippen LogP) is 7.50. The summed E-state index contributed by atoms with van der Waals surface area (Å²) in [5.74, 6) is 0. The third-order valence-corrected chi connectivity index (χ3v) is 5.72. The quantitative estimate of drug-likeness (QED) is 0.295. The molecule has 0 fully saturated rings. The maximum Gasteiger partial charge on any atom is 0.127 e. The molecular formula is C25H42N2. The molecule has 1 aliphatic rings. The molecule has 1 heterocycles. The van der Waals surface area contributed by atoms with Crippen molar-refractivity contribution in [2.75, 3.05) is 13.1 Å². The lowest BCUT2D eigenvalue weighted by molar-refractivity contribution is 0.150. The minimum Gasteiger partial charge on any atom is -0.352 e. The van der Waals surface area contributed by atoms with Gasteiger partial charge in [0, 0.05) is 25.5 Å². The SMILES string of the molecule is CCCCCCCCCN1C=CN(CCCCCCC)C1c1ccccc1. The molecule has 0 saturated carbocycles. The maximum absolute atomic E-state index is 2.56. The lowest BCUT2D eigenvalue weighted by Crippen LogP contribution is -2.32. The van der Waals surface area contributed by atoms with Gasteiger partial charge in [-0.05, 0) is 18.4 Å². The summed E-state index contributed by atoms with van der Waals surface area (Å²) in [4.78, 5) is 5.12. The fraction of sp³-hybridized carbons (Fsp3) is 0.680. The largest absolute Gasteiger partial charge is 0.352 e. The van der Waals surface area contributed by atoms with Crippen LogP contribution in [0.15, 0.2) is 42.7 Å². The highest BCUT2D eigenvalue weighted by atomic mass is 15.4. The molecule has 2 rings (SSSR count). The van der Waals surface area contributed by atoms with Crippen molar-refractivity contribution in [3.63, 3.8) is 0 Å². The molecule has 0 spiro atoms. The molecule has 0 aromatic heterocycles. The Bertz CT molecular complexity index is 496. The molecule has 152 valence electrons. The van der Waals surface area contributed by atoms with Crippen molar-refractivity contribution >= 4 is 0 Å². The molecule has 0 N–H and O–H groups in total. The van der Waals surface area contributed by atoms with Crippen molar-refractivity contribution in [1.82, 2.24) is 9.80 Å². The first kappa shape index (κ1) is 21.9. The van der Waals surface area contributed by atoms with Crippen LogP contribution in [-0.4, -0.2) is 22.9 Å². The maximum atomic E-state index is 2.56. The Kier molecular flexibility index (Phi) is 11.1. The number of unbranched alkanes of at least 4 members (excludes halogenated alkanes) is 10. The van der Waals surface area contributed by atoms with Crippen LogP contribution in [0.4, 0.5) is 0 Å². The average molecular weight is 371 g/mol. The van der Waals surface area contributed by atoms with Gasteiger partial charge in [0.25, 0.3) is 0 Å². The molecule has 2 nitrogen and oxygen atoms in total. The highest BCUT2D eigenvalue weighted by Crippen LogP contribution is 2.31. The second kappa shape index (κ2) is 13.7. The van der Waals surface area contributed by atoms with E-state index < -0.39 is 0 Å². The first-order valence-electron chi connectivity index (χ1n) is 11.6. The van der Waals surface area contributed by atoms with Gasteiger partial charge in [0.15, 0.2) is 0 Å². The van der Waals surface area contributed by atoms with Crippen molar-refractivity contribution in [2.24, 2.45) is 0 Å². The van der Waals surface area contributed by atoms with Gasteiger partial charge in [-0.2, -0.15) is 0 Å². The van der Waals surface area contributed by atoms with Crippen LogP contribution in [0.5, 0.6) is 0 Å². The first-order chi connectivity index (χ1) is 13.4. The fourth-order valence-electron chi connectivity index (χ4n) is 4.08. The van der Waals surface area contributed by atoms with Gasteiger partial charge in [0.1, 0.15) is 6.17 Å². The van der Waals surface area contributed by atoms with Crippen molar-refractivity contribution < 1.29 is 0 Å². The van der Waals surface area contributed by atoms with Crippen LogP contribution >= 0.6 is 0 Å². The van der Waals surface area contributed by atoms with E-state index in [1.54, 1.807) is 0 Å². The van der Waals surface area contributed by atoms with E-state index in [0.29, 0.717) is 6.17 Å². The van der Waals surface area contributed by atoms with Crippen LogP contribution < -0.4 is 0 Å². The lowest BCUT2D eigenvalue weighted by atomic mass is 10.1. The van der Waals surface area contributed by atoms with Crippen LogP contribution in [0.1, 0.15) is 103 Å². The Balaban J connectivity index is 1.80. The van der Waals surface area contributed by atoms with E-state index in [-0.39, 0.29) is 0 Å². The van der Waals surface area contributed by atoms with E-state index in [2.05, 4.69) is 66.4 Å². The van der Waals surface area contributed by atoms with E-state index in [9.17, 15) is 0 Å². The molecular weight excluding hydrogens is 328 g/mol. The van der Waals surface area contributed by atoms with Gasteiger partial charge in [0.2, 0.25) is 0 Å². The molecule has 0 saturated heterocycles. The van der Waals surface area contributed by atoms with Crippen LogP contribution in [0.25, 0.3) is 0 Å². The standard InChI is InChI=1S/C25H42N2/c1-3-5-7-9-10-12-17-21-27-23-22-26(20-16-11-8-6-4-2)25(27)24-18-14-13-15-19-24/h13-15,18-19,22-23,25H,3-12,16-17,20-21H2,1-2H3. The van der Waals surface area contributed by atoms with Gasteiger partial charge in [-0.3, -0.25) is 0 Å². The molecule has 2 heteroatoms. The van der Waals surface area contributed by atoms with E-state index >= 15 is 0 Å². The van der Waals surface area contributed by atoms with E-state index in [1.165, 1.54) is 95.7 Å². The Hall–Kier alpha value is -1.44. The highest BCUT2D eigenvalue weighted by Gasteiger charge is 2.26. The zero-order chi connectivity index (χ0) is 19.2. The Morgan fingerprint density at radius 1 is 0.593 bits per heavy atom. The molecule has 1 aromatic carbocycles. The topological polar surface area (TPSA) is 6.48 Å². The van der Waals surface area contributed by atoms with Crippen LogP contribution in [0, 0.1) is 0 Å². The third kappa shape index (κ3) is 7.99. The summed E-state index contributed by atoms with van der Waals surface area (Å²) in [6.45, 7) is 6.93. The number of benzene rings is 1. The Morgan fingerprint density at radius 2 is 1.04 bits per heavy atom. The second-order valence-corrected chi connectivity index (χ2v) is 8.09. The Labute approximate surface area is 168 Å². The van der Waals surface area contributed by atoms with Gasteiger partial charge >= 0.3 is 0 Å². The normalized spacial score (nSPS) is 16.4. The molecule has 1 aliphatic heterocycles. The molecule has 1 atom stereocenters. The predicted molar refractivity (Wildman–Crippen MR) is 118 cm³/mol. The van der Waals surface area contributed by atoms with E-state index in [0.717, 1.165) is 0 Å². The van der Waals surface area contributed by atoms with Gasteiger partial charge in [-0.25, -0.2) is 0 Å². The van der Waals surface area contributed by atoms with Gasteiger partial charge in [0.05, 0.1) is 0 Å². The molecule has 1 aromatic rings. The minimum atomic E-state index is 0.400. The van der Waals surface area contributed by atoms with Crippen LogP contribution in [0.3, 0.4) is 0 Å². The zero-order valence-corrected chi connectivity index (χ0v) is 17.9. The summed E-state index contributed by atoms with van der Waals surface area (Å²) in [6.07, 6.45) is 21.5. The first-order valence-corrected chi connectivity index (χ1v) is 11.6. The van der Waals surface area contributed by atoms with Crippen LogP contribution in [-0.2, 0) is 0 Å². The number of nitrogens with zero attached hydrogens (tertiary/aromatic N) is 2. The van der Waals surface area contributed by atoms with Crippen molar-refractivity contribution in [2.45, 2.75) is 97.1 Å². The van der Waals surface area contributed by atoms with E-state index in [1.807, 2.05) is 0 Å². The summed E-state index contributed by atoms with van der Waals surface area (Å²) in [5, 5.41) is 0. The van der Waals surface area contributed by atoms with Crippen LogP contribution in [0.2, 0.25) is 0 Å². The zero-order valence-electron chi connectivity index (χ0n) is 17.9. The molecule has 0 bridgehead atoms. The number of rotatable bonds is 15. The highest BCUT2D eigenvalue weighted by molar-refractivity contribution is 5.21. The average Bonchev–Trinajstić information content (AvgIpc) is 3.10. The van der Waals surface area contributed by atoms with Gasteiger partial charge < -0.3 is 9.80 Å². The smallest absolute Gasteiger partial charge is 0.127 e.